The number of carbonyl (C=O) groups is 1. The number of carboxylic acids is 1. The van der Waals surface area contributed by atoms with Crippen LogP contribution in [-0.2, 0) is 4.79 Å². The van der Waals surface area contributed by atoms with Crippen LogP contribution in [0.15, 0.2) is 47.6 Å². The first-order valence-corrected chi connectivity index (χ1v) is 7.85. The minimum Gasteiger partial charge on any atom is -0.496 e. The highest BCUT2D eigenvalue weighted by Gasteiger charge is 2.08. The van der Waals surface area contributed by atoms with E-state index in [1.165, 1.54) is 22.8 Å². The van der Waals surface area contributed by atoms with E-state index in [1.807, 2.05) is 19.1 Å². The summed E-state index contributed by atoms with van der Waals surface area (Å²) >= 11 is 0. The molecule has 0 aliphatic carbocycles. The molecule has 24 heavy (non-hydrogen) atoms. The third-order valence-corrected chi connectivity index (χ3v) is 3.91. The Kier molecular flexibility index (Phi) is 7.25. The monoisotopic (exact) mass is 326 g/mol. The minimum absolute atomic E-state index is 0.702. The molecule has 0 saturated carbocycles. The van der Waals surface area contributed by atoms with Gasteiger partial charge in [0.1, 0.15) is 5.75 Å². The van der Waals surface area contributed by atoms with Gasteiger partial charge in [-0.05, 0) is 68.5 Å². The first-order chi connectivity index (χ1) is 11.3. The van der Waals surface area contributed by atoms with Crippen LogP contribution < -0.4 is 4.74 Å². The van der Waals surface area contributed by atoms with Crippen LogP contribution in [0, 0.1) is 20.8 Å². The van der Waals surface area contributed by atoms with Crippen molar-refractivity contribution in [2.45, 2.75) is 34.6 Å². The molecule has 0 unspecified atom stereocenters. The molecule has 128 valence electrons. The van der Waals surface area contributed by atoms with Gasteiger partial charge in [0.15, 0.2) is 0 Å². The summed E-state index contributed by atoms with van der Waals surface area (Å²) in [5, 5.41) is 8.67. The van der Waals surface area contributed by atoms with E-state index in [4.69, 9.17) is 9.84 Å². The molecule has 1 aromatic carbocycles. The van der Waals surface area contributed by atoms with Crippen molar-refractivity contribution in [3.05, 3.63) is 69.8 Å². The number of hydrogen-bond donors (Lipinski definition) is 1. The molecular weight excluding hydrogens is 300 g/mol. The fraction of sp³-hybridized carbons (Fsp3) is 0.286. The fourth-order valence-corrected chi connectivity index (χ4v) is 2.40. The van der Waals surface area contributed by atoms with Crippen molar-refractivity contribution in [3.63, 3.8) is 0 Å². The topological polar surface area (TPSA) is 46.5 Å². The van der Waals surface area contributed by atoms with Crippen LogP contribution in [0.1, 0.15) is 36.1 Å². The first-order valence-electron chi connectivity index (χ1n) is 7.85. The van der Waals surface area contributed by atoms with Crippen molar-refractivity contribution in [3.8, 4) is 5.75 Å². The molecule has 1 N–H and O–H groups in total. The second-order valence-corrected chi connectivity index (χ2v) is 5.89. The van der Waals surface area contributed by atoms with Gasteiger partial charge in [-0.15, -0.1) is 0 Å². The molecule has 0 aliphatic heterocycles. The van der Waals surface area contributed by atoms with Crippen molar-refractivity contribution in [2.75, 3.05) is 7.11 Å². The van der Waals surface area contributed by atoms with E-state index < -0.39 is 5.97 Å². The van der Waals surface area contributed by atoms with Gasteiger partial charge < -0.3 is 9.84 Å². The van der Waals surface area contributed by atoms with Gasteiger partial charge in [-0.3, -0.25) is 0 Å². The number of aliphatic carboxylic acids is 1. The SMILES string of the molecule is COc1cc(C)c(/C=C/C(C)=CC=CC(C)=CC(=O)O)c(C)c1C. The number of carboxylic acid groups (broad SMARTS) is 1. The lowest BCUT2D eigenvalue weighted by molar-refractivity contribution is -0.131. The summed E-state index contributed by atoms with van der Waals surface area (Å²) in [6.45, 7) is 10.0. The molecule has 0 atom stereocenters. The Morgan fingerprint density at radius 1 is 1.08 bits per heavy atom. The van der Waals surface area contributed by atoms with E-state index in [-0.39, 0.29) is 0 Å². The molecule has 0 aliphatic rings. The molecule has 1 aromatic rings. The van der Waals surface area contributed by atoms with Crippen molar-refractivity contribution in [1.82, 2.24) is 0 Å². The smallest absolute Gasteiger partial charge is 0.328 e. The van der Waals surface area contributed by atoms with Crippen molar-refractivity contribution < 1.29 is 14.6 Å². The summed E-state index contributed by atoms with van der Waals surface area (Å²) in [4.78, 5) is 10.6. The van der Waals surface area contributed by atoms with E-state index in [1.54, 1.807) is 20.1 Å². The molecule has 0 amide bonds. The lowest BCUT2D eigenvalue weighted by atomic mass is 9.96. The lowest BCUT2D eigenvalue weighted by Gasteiger charge is -2.13. The van der Waals surface area contributed by atoms with E-state index in [2.05, 4.69) is 39.0 Å². The quantitative estimate of drug-likeness (QED) is 0.579. The molecule has 3 heteroatoms. The molecule has 0 bridgehead atoms. The predicted octanol–water partition coefficient (Wildman–Crippen LogP) is 5.17. The summed E-state index contributed by atoms with van der Waals surface area (Å²) in [5.74, 6) is -0.0170. The summed E-state index contributed by atoms with van der Waals surface area (Å²) in [6.07, 6.45) is 10.9. The van der Waals surface area contributed by atoms with E-state index >= 15 is 0 Å². The fourth-order valence-electron chi connectivity index (χ4n) is 2.40. The minimum atomic E-state index is -0.932. The summed E-state index contributed by atoms with van der Waals surface area (Å²) in [7, 11) is 1.69. The molecular formula is C21H26O3. The molecule has 0 heterocycles. The van der Waals surface area contributed by atoms with Gasteiger partial charge in [-0.25, -0.2) is 4.79 Å². The van der Waals surface area contributed by atoms with Crippen LogP contribution >= 0.6 is 0 Å². The van der Waals surface area contributed by atoms with Gasteiger partial charge >= 0.3 is 5.97 Å². The molecule has 0 aromatic heterocycles. The Morgan fingerprint density at radius 2 is 1.75 bits per heavy atom. The lowest BCUT2D eigenvalue weighted by Crippen LogP contribution is -1.95. The van der Waals surface area contributed by atoms with Crippen LogP contribution in [-0.4, -0.2) is 18.2 Å². The molecule has 0 radical (unpaired) electrons. The van der Waals surface area contributed by atoms with Gasteiger partial charge in [0, 0.05) is 6.08 Å². The highest BCUT2D eigenvalue weighted by molar-refractivity contribution is 5.81. The number of hydrogen-bond acceptors (Lipinski definition) is 2. The second kappa shape index (κ2) is 8.92. The maximum absolute atomic E-state index is 10.6. The number of ether oxygens (including phenoxy) is 1. The van der Waals surface area contributed by atoms with Crippen LogP contribution in [0.5, 0.6) is 5.75 Å². The Labute approximate surface area is 144 Å². The first kappa shape index (κ1) is 19.5. The van der Waals surface area contributed by atoms with Gasteiger partial charge in [0.2, 0.25) is 0 Å². The number of methoxy groups -OCH3 is 1. The maximum atomic E-state index is 10.6. The van der Waals surface area contributed by atoms with E-state index in [0.29, 0.717) is 5.57 Å². The van der Waals surface area contributed by atoms with Crippen LogP contribution in [0.25, 0.3) is 6.08 Å². The van der Waals surface area contributed by atoms with E-state index in [9.17, 15) is 4.79 Å². The zero-order valence-corrected chi connectivity index (χ0v) is 15.3. The van der Waals surface area contributed by atoms with Crippen LogP contribution in [0.3, 0.4) is 0 Å². The second-order valence-electron chi connectivity index (χ2n) is 5.89. The van der Waals surface area contributed by atoms with Crippen molar-refractivity contribution >= 4 is 12.0 Å². The van der Waals surface area contributed by atoms with Crippen LogP contribution in [0.4, 0.5) is 0 Å². The Bertz CT molecular complexity index is 732. The third-order valence-electron chi connectivity index (χ3n) is 3.91. The summed E-state index contributed by atoms with van der Waals surface area (Å²) in [5.41, 5.74) is 6.53. The molecule has 0 saturated heterocycles. The average molecular weight is 326 g/mol. The highest BCUT2D eigenvalue weighted by atomic mass is 16.5. The summed E-state index contributed by atoms with van der Waals surface area (Å²) in [6, 6.07) is 2.06. The Balaban J connectivity index is 2.97. The molecule has 1 rings (SSSR count). The van der Waals surface area contributed by atoms with E-state index in [0.717, 1.165) is 16.9 Å². The Morgan fingerprint density at radius 3 is 2.33 bits per heavy atom. The highest BCUT2D eigenvalue weighted by Crippen LogP contribution is 2.28. The summed E-state index contributed by atoms with van der Waals surface area (Å²) < 4.78 is 5.40. The molecule has 3 nitrogen and oxygen atoms in total. The zero-order valence-electron chi connectivity index (χ0n) is 15.3. The van der Waals surface area contributed by atoms with Crippen molar-refractivity contribution in [1.29, 1.82) is 0 Å². The maximum Gasteiger partial charge on any atom is 0.328 e. The number of benzene rings is 1. The Hall–Kier alpha value is -2.55. The average Bonchev–Trinajstić information content (AvgIpc) is 2.50. The van der Waals surface area contributed by atoms with Crippen molar-refractivity contribution in [2.24, 2.45) is 0 Å². The van der Waals surface area contributed by atoms with Gasteiger partial charge in [0.25, 0.3) is 0 Å². The standard InChI is InChI=1S/C21H26O3/c1-14(8-7-9-15(2)12-21(22)23)10-11-19-16(3)13-20(24-6)18(5)17(19)4/h7-13H,1-6H3,(H,22,23)/b9-7?,11-10+,14-8?,15-12?. The van der Waals surface area contributed by atoms with Gasteiger partial charge in [-0.2, -0.15) is 0 Å². The van der Waals surface area contributed by atoms with Gasteiger partial charge in [-0.1, -0.05) is 36.0 Å². The molecule has 0 spiro atoms. The zero-order chi connectivity index (χ0) is 18.3. The molecule has 0 fully saturated rings. The van der Waals surface area contributed by atoms with Gasteiger partial charge in [0.05, 0.1) is 7.11 Å². The number of allylic oxidation sites excluding steroid dienone is 6. The largest absolute Gasteiger partial charge is 0.496 e. The third kappa shape index (κ3) is 5.58. The predicted molar refractivity (Wildman–Crippen MR) is 101 cm³/mol. The number of rotatable bonds is 6. The van der Waals surface area contributed by atoms with Crippen LogP contribution in [0.2, 0.25) is 0 Å². The number of aryl methyl sites for hydroxylation is 1. The normalized spacial score (nSPS) is 13.1.